The Hall–Kier alpha value is -1.59. The summed E-state index contributed by atoms with van der Waals surface area (Å²) in [5.41, 5.74) is 0. The minimum absolute atomic E-state index is 0.0597. The van der Waals surface area contributed by atoms with Crippen LogP contribution in [0.3, 0.4) is 0 Å². The van der Waals surface area contributed by atoms with Gasteiger partial charge in [0.2, 0.25) is 0 Å². The van der Waals surface area contributed by atoms with E-state index in [0.29, 0.717) is 19.3 Å². The van der Waals surface area contributed by atoms with Crippen molar-refractivity contribution in [3.05, 3.63) is 0 Å². The van der Waals surface area contributed by atoms with E-state index >= 15 is 0 Å². The fourth-order valence-corrected chi connectivity index (χ4v) is 12.2. The van der Waals surface area contributed by atoms with E-state index in [9.17, 15) is 14.4 Å². The molecule has 0 radical (unpaired) electrons. The van der Waals surface area contributed by atoms with Crippen LogP contribution in [0.4, 0.5) is 0 Å². The molecule has 1 unspecified atom stereocenters. The van der Waals surface area contributed by atoms with Crippen molar-refractivity contribution >= 4 is 17.9 Å². The number of esters is 3. The van der Waals surface area contributed by atoms with Crippen LogP contribution in [0.25, 0.3) is 0 Å². The molecule has 6 nitrogen and oxygen atoms in total. The molecule has 0 aliphatic carbocycles. The number of hydrogen-bond acceptors (Lipinski definition) is 6. The van der Waals surface area contributed by atoms with Gasteiger partial charge in [0.05, 0.1) is 0 Å². The van der Waals surface area contributed by atoms with Crippen LogP contribution in [0, 0.1) is 0 Å². The van der Waals surface area contributed by atoms with Gasteiger partial charge < -0.3 is 14.2 Å². The van der Waals surface area contributed by atoms with E-state index < -0.39 is 6.10 Å². The van der Waals surface area contributed by atoms with Crippen molar-refractivity contribution in [3.63, 3.8) is 0 Å². The zero-order valence-corrected chi connectivity index (χ0v) is 56.3. The molecule has 0 aliphatic rings. The number of carbonyl (C=O) groups is 3. The first-order valence-electron chi connectivity index (χ1n) is 38.0. The van der Waals surface area contributed by atoms with Gasteiger partial charge in [-0.3, -0.25) is 14.4 Å². The van der Waals surface area contributed by atoms with Gasteiger partial charge in [-0.05, 0) is 19.3 Å². The van der Waals surface area contributed by atoms with Crippen LogP contribution < -0.4 is 0 Å². The average molecular weight is 1160 g/mol. The topological polar surface area (TPSA) is 78.9 Å². The molecular formula is C76H148O6. The molecule has 1 atom stereocenters. The van der Waals surface area contributed by atoms with E-state index in [1.54, 1.807) is 0 Å². The lowest BCUT2D eigenvalue weighted by Gasteiger charge is -2.18. The highest BCUT2D eigenvalue weighted by molar-refractivity contribution is 5.71. The third-order valence-electron chi connectivity index (χ3n) is 17.9. The maximum atomic E-state index is 13.0. The summed E-state index contributed by atoms with van der Waals surface area (Å²) in [6.07, 6.45) is 85.8. The summed E-state index contributed by atoms with van der Waals surface area (Å²) in [5, 5.41) is 0. The van der Waals surface area contributed by atoms with Crippen molar-refractivity contribution < 1.29 is 28.6 Å². The summed E-state index contributed by atoms with van der Waals surface area (Å²) >= 11 is 0. The van der Waals surface area contributed by atoms with Gasteiger partial charge in [-0.25, -0.2) is 0 Å². The predicted octanol–water partition coefficient (Wildman–Crippen LogP) is 26.2. The first-order valence-corrected chi connectivity index (χ1v) is 38.0. The fourth-order valence-electron chi connectivity index (χ4n) is 12.2. The van der Waals surface area contributed by atoms with E-state index in [1.807, 2.05) is 0 Å². The number of unbranched alkanes of at least 4 members (excludes halogenated alkanes) is 61. The van der Waals surface area contributed by atoms with Crippen LogP contribution in [0.1, 0.15) is 451 Å². The summed E-state index contributed by atoms with van der Waals surface area (Å²) in [4.78, 5) is 38.6. The van der Waals surface area contributed by atoms with Crippen LogP contribution in [0.5, 0.6) is 0 Å². The van der Waals surface area contributed by atoms with Crippen LogP contribution in [-0.4, -0.2) is 37.2 Å². The zero-order chi connectivity index (χ0) is 59.2. The van der Waals surface area contributed by atoms with Crippen molar-refractivity contribution in [3.8, 4) is 0 Å². The molecule has 0 N–H and O–H groups in total. The highest BCUT2D eigenvalue weighted by Crippen LogP contribution is 2.20. The molecule has 0 rings (SSSR count). The molecule has 0 saturated carbocycles. The zero-order valence-electron chi connectivity index (χ0n) is 56.3. The van der Waals surface area contributed by atoms with Gasteiger partial charge >= 0.3 is 17.9 Å². The average Bonchev–Trinajstić information content (AvgIpc) is 3.47. The Balaban J connectivity index is 4.23. The molecule has 0 aliphatic heterocycles. The van der Waals surface area contributed by atoms with Crippen LogP contribution in [0.15, 0.2) is 0 Å². The Morgan fingerprint density at radius 3 is 0.488 bits per heavy atom. The van der Waals surface area contributed by atoms with Gasteiger partial charge in [-0.15, -0.1) is 0 Å². The monoisotopic (exact) mass is 1160 g/mol. The van der Waals surface area contributed by atoms with E-state index in [-0.39, 0.29) is 31.1 Å². The third kappa shape index (κ3) is 69.2. The standard InChI is InChI=1S/C76H148O6/c1-4-7-10-13-16-19-22-25-28-31-33-35-37-39-40-42-45-48-51-54-57-60-63-66-69-75(78)81-72-73(71-80-74(77)68-65-62-59-56-53-50-47-44-30-27-24-21-18-15-12-9-6-3)82-76(79)70-67-64-61-58-55-52-49-46-43-41-38-36-34-32-29-26-23-20-17-14-11-8-5-2/h73H,4-72H2,1-3H3. The minimum Gasteiger partial charge on any atom is -0.462 e. The lowest BCUT2D eigenvalue weighted by Crippen LogP contribution is -2.30. The van der Waals surface area contributed by atoms with Crippen molar-refractivity contribution in [2.75, 3.05) is 13.2 Å². The molecule has 82 heavy (non-hydrogen) atoms. The Kier molecular flexibility index (Phi) is 70.5. The van der Waals surface area contributed by atoms with Crippen molar-refractivity contribution in [2.24, 2.45) is 0 Å². The molecule has 0 aromatic rings. The lowest BCUT2D eigenvalue weighted by atomic mass is 10.0. The van der Waals surface area contributed by atoms with Gasteiger partial charge in [0.15, 0.2) is 6.10 Å². The highest BCUT2D eigenvalue weighted by atomic mass is 16.6. The molecule has 0 fully saturated rings. The Labute approximate surface area is 514 Å². The Morgan fingerprint density at radius 2 is 0.329 bits per heavy atom. The SMILES string of the molecule is CCCCCCCCCCCCCCCCCCCCCCCCCCC(=O)OCC(COC(=O)CCCCCCCCCCCCCCCCCCC)OC(=O)CCCCCCCCCCCCCCCCCCCCCCCCC. The highest BCUT2D eigenvalue weighted by Gasteiger charge is 2.20. The van der Waals surface area contributed by atoms with Crippen molar-refractivity contribution in [1.82, 2.24) is 0 Å². The summed E-state index contributed by atoms with van der Waals surface area (Å²) in [5.74, 6) is -0.813. The fraction of sp³-hybridized carbons (Fsp3) is 0.961. The van der Waals surface area contributed by atoms with Gasteiger partial charge in [0, 0.05) is 19.3 Å². The van der Waals surface area contributed by atoms with Gasteiger partial charge in [0.1, 0.15) is 13.2 Å². The molecule has 0 amide bonds. The third-order valence-corrected chi connectivity index (χ3v) is 17.9. The van der Waals surface area contributed by atoms with E-state index in [4.69, 9.17) is 14.2 Å². The molecule has 0 spiro atoms. The van der Waals surface area contributed by atoms with Crippen LogP contribution >= 0.6 is 0 Å². The van der Waals surface area contributed by atoms with E-state index in [0.717, 1.165) is 57.8 Å². The molecule has 488 valence electrons. The predicted molar refractivity (Wildman–Crippen MR) is 358 cm³/mol. The normalized spacial score (nSPS) is 11.9. The summed E-state index contributed by atoms with van der Waals surface area (Å²) in [7, 11) is 0. The Morgan fingerprint density at radius 1 is 0.195 bits per heavy atom. The number of carbonyl (C=O) groups excluding carboxylic acids is 3. The Bertz CT molecular complexity index is 1240. The van der Waals surface area contributed by atoms with Crippen molar-refractivity contribution in [1.29, 1.82) is 0 Å². The van der Waals surface area contributed by atoms with E-state index in [1.165, 1.54) is 353 Å². The van der Waals surface area contributed by atoms with Gasteiger partial charge in [0.25, 0.3) is 0 Å². The molecular weight excluding hydrogens is 1010 g/mol. The van der Waals surface area contributed by atoms with Crippen LogP contribution in [-0.2, 0) is 28.6 Å². The second-order valence-electron chi connectivity index (χ2n) is 26.3. The second kappa shape index (κ2) is 71.9. The summed E-state index contributed by atoms with van der Waals surface area (Å²) < 4.78 is 17.1. The number of hydrogen-bond donors (Lipinski definition) is 0. The maximum Gasteiger partial charge on any atom is 0.306 e. The smallest absolute Gasteiger partial charge is 0.306 e. The molecule has 0 heterocycles. The van der Waals surface area contributed by atoms with Crippen LogP contribution in [0.2, 0.25) is 0 Å². The molecule has 0 aromatic carbocycles. The molecule has 0 bridgehead atoms. The minimum atomic E-state index is -0.764. The van der Waals surface area contributed by atoms with Gasteiger partial charge in [-0.1, -0.05) is 412 Å². The molecule has 0 saturated heterocycles. The largest absolute Gasteiger partial charge is 0.462 e. The van der Waals surface area contributed by atoms with E-state index in [2.05, 4.69) is 20.8 Å². The quantitative estimate of drug-likeness (QED) is 0.0343. The van der Waals surface area contributed by atoms with Gasteiger partial charge in [-0.2, -0.15) is 0 Å². The van der Waals surface area contributed by atoms with Crippen molar-refractivity contribution in [2.45, 2.75) is 457 Å². The molecule has 0 aromatic heterocycles. The number of ether oxygens (including phenoxy) is 3. The summed E-state index contributed by atoms with van der Waals surface area (Å²) in [6, 6.07) is 0. The molecule has 6 heteroatoms. The lowest BCUT2D eigenvalue weighted by molar-refractivity contribution is -0.167. The maximum absolute atomic E-state index is 13.0. The first-order chi connectivity index (χ1) is 40.5. The summed E-state index contributed by atoms with van der Waals surface area (Å²) in [6.45, 7) is 6.76. The number of rotatable bonds is 72. The first kappa shape index (κ1) is 80.4. The second-order valence-corrected chi connectivity index (χ2v) is 26.3.